The summed E-state index contributed by atoms with van der Waals surface area (Å²) >= 11 is 0. The molecular formula is C10H18O2. The standard InChI is InChI=1S/C10H18O2/c1-7(2)9-5-8(6-9)3-4-10(11)12/h7-9H,3-6H2,1-2H3,(H,11,12). The first-order valence-corrected chi connectivity index (χ1v) is 4.81. The van der Waals surface area contributed by atoms with Gasteiger partial charge in [0.1, 0.15) is 0 Å². The molecule has 0 atom stereocenters. The molecule has 0 radical (unpaired) electrons. The van der Waals surface area contributed by atoms with E-state index in [1.807, 2.05) is 0 Å². The molecule has 1 N–H and O–H groups in total. The van der Waals surface area contributed by atoms with Crippen LogP contribution in [-0.4, -0.2) is 11.1 Å². The first-order valence-electron chi connectivity index (χ1n) is 4.81. The van der Waals surface area contributed by atoms with Crippen molar-refractivity contribution in [2.24, 2.45) is 17.8 Å². The highest BCUT2D eigenvalue weighted by Gasteiger charge is 2.30. The summed E-state index contributed by atoms with van der Waals surface area (Å²) in [7, 11) is 0. The molecule has 0 aromatic rings. The number of hydrogen-bond donors (Lipinski definition) is 1. The number of carbonyl (C=O) groups is 1. The van der Waals surface area contributed by atoms with Crippen LogP contribution in [0.1, 0.15) is 39.5 Å². The SMILES string of the molecule is CC(C)C1CC(CCC(=O)O)C1. The van der Waals surface area contributed by atoms with Gasteiger partial charge in [-0.15, -0.1) is 0 Å². The Morgan fingerprint density at radius 1 is 1.50 bits per heavy atom. The van der Waals surface area contributed by atoms with Crippen LogP contribution >= 0.6 is 0 Å². The predicted molar refractivity (Wildman–Crippen MR) is 47.9 cm³/mol. The largest absolute Gasteiger partial charge is 0.481 e. The molecule has 0 aromatic heterocycles. The zero-order valence-electron chi connectivity index (χ0n) is 7.92. The van der Waals surface area contributed by atoms with Crippen molar-refractivity contribution in [3.05, 3.63) is 0 Å². The monoisotopic (exact) mass is 170 g/mol. The zero-order valence-corrected chi connectivity index (χ0v) is 7.92. The van der Waals surface area contributed by atoms with Gasteiger partial charge in [-0.25, -0.2) is 0 Å². The predicted octanol–water partition coefficient (Wildman–Crippen LogP) is 2.53. The summed E-state index contributed by atoms with van der Waals surface area (Å²) in [6, 6.07) is 0. The van der Waals surface area contributed by atoms with Gasteiger partial charge in [-0.1, -0.05) is 13.8 Å². The van der Waals surface area contributed by atoms with Gasteiger partial charge in [-0.2, -0.15) is 0 Å². The molecule has 2 heteroatoms. The lowest BCUT2D eigenvalue weighted by Gasteiger charge is -2.37. The van der Waals surface area contributed by atoms with Crippen LogP contribution in [-0.2, 0) is 4.79 Å². The van der Waals surface area contributed by atoms with E-state index in [-0.39, 0.29) is 0 Å². The van der Waals surface area contributed by atoms with Crippen molar-refractivity contribution in [3.8, 4) is 0 Å². The molecule has 1 aliphatic carbocycles. The Morgan fingerprint density at radius 3 is 2.50 bits per heavy atom. The fourth-order valence-electron chi connectivity index (χ4n) is 1.89. The minimum atomic E-state index is -0.650. The lowest BCUT2D eigenvalue weighted by Crippen LogP contribution is -2.28. The van der Waals surface area contributed by atoms with Gasteiger partial charge in [0.15, 0.2) is 0 Å². The van der Waals surface area contributed by atoms with Crippen molar-refractivity contribution in [2.45, 2.75) is 39.5 Å². The van der Waals surface area contributed by atoms with E-state index in [9.17, 15) is 4.79 Å². The lowest BCUT2D eigenvalue weighted by atomic mass is 9.68. The highest BCUT2D eigenvalue weighted by Crippen LogP contribution is 2.40. The molecule has 0 unspecified atom stereocenters. The Labute approximate surface area is 74.0 Å². The van der Waals surface area contributed by atoms with Gasteiger partial charge in [-0.3, -0.25) is 4.79 Å². The van der Waals surface area contributed by atoms with Gasteiger partial charge in [-0.05, 0) is 37.0 Å². The minimum Gasteiger partial charge on any atom is -0.481 e. The third kappa shape index (κ3) is 2.50. The van der Waals surface area contributed by atoms with E-state index in [0.29, 0.717) is 12.3 Å². The summed E-state index contributed by atoms with van der Waals surface area (Å²) in [6.07, 6.45) is 3.75. The Hall–Kier alpha value is -0.530. The van der Waals surface area contributed by atoms with Gasteiger partial charge in [0.2, 0.25) is 0 Å². The van der Waals surface area contributed by atoms with Crippen molar-refractivity contribution in [3.63, 3.8) is 0 Å². The summed E-state index contributed by atoms with van der Waals surface area (Å²) in [5.41, 5.74) is 0. The van der Waals surface area contributed by atoms with Crippen LogP contribution in [0.25, 0.3) is 0 Å². The molecule has 0 amide bonds. The van der Waals surface area contributed by atoms with Crippen molar-refractivity contribution >= 4 is 5.97 Å². The van der Waals surface area contributed by atoms with Crippen molar-refractivity contribution in [1.29, 1.82) is 0 Å². The summed E-state index contributed by atoms with van der Waals surface area (Å²) in [4.78, 5) is 10.3. The number of carboxylic acids is 1. The van der Waals surface area contributed by atoms with Crippen LogP contribution in [0.15, 0.2) is 0 Å². The second-order valence-corrected chi connectivity index (χ2v) is 4.27. The summed E-state index contributed by atoms with van der Waals surface area (Å²) in [5.74, 6) is 1.70. The first kappa shape index (κ1) is 9.56. The Morgan fingerprint density at radius 2 is 2.08 bits per heavy atom. The summed E-state index contributed by atoms with van der Waals surface area (Å²) < 4.78 is 0. The van der Waals surface area contributed by atoms with E-state index >= 15 is 0 Å². The highest BCUT2D eigenvalue weighted by molar-refractivity contribution is 5.66. The number of carboxylic acid groups (broad SMARTS) is 1. The van der Waals surface area contributed by atoms with Gasteiger partial charge in [0, 0.05) is 6.42 Å². The summed E-state index contributed by atoms with van der Waals surface area (Å²) in [6.45, 7) is 4.50. The third-order valence-corrected chi connectivity index (χ3v) is 2.98. The van der Waals surface area contributed by atoms with E-state index in [1.165, 1.54) is 12.8 Å². The van der Waals surface area contributed by atoms with E-state index in [4.69, 9.17) is 5.11 Å². The van der Waals surface area contributed by atoms with Crippen LogP contribution in [0.2, 0.25) is 0 Å². The molecule has 0 aromatic carbocycles. The van der Waals surface area contributed by atoms with Gasteiger partial charge in [0.05, 0.1) is 0 Å². The number of rotatable bonds is 4. The molecule has 0 spiro atoms. The molecule has 12 heavy (non-hydrogen) atoms. The second kappa shape index (κ2) is 3.92. The summed E-state index contributed by atoms with van der Waals surface area (Å²) in [5, 5.41) is 8.46. The van der Waals surface area contributed by atoms with Crippen LogP contribution in [0, 0.1) is 17.8 Å². The Kier molecular flexibility index (Phi) is 3.12. The van der Waals surface area contributed by atoms with Crippen molar-refractivity contribution in [1.82, 2.24) is 0 Å². The maximum absolute atomic E-state index is 10.3. The molecule has 1 rings (SSSR count). The molecule has 1 fully saturated rings. The first-order chi connectivity index (χ1) is 5.59. The molecule has 0 saturated heterocycles. The maximum Gasteiger partial charge on any atom is 0.303 e. The second-order valence-electron chi connectivity index (χ2n) is 4.27. The van der Waals surface area contributed by atoms with Gasteiger partial charge in [0.25, 0.3) is 0 Å². The van der Waals surface area contributed by atoms with Crippen molar-refractivity contribution in [2.75, 3.05) is 0 Å². The van der Waals surface area contributed by atoms with Crippen molar-refractivity contribution < 1.29 is 9.90 Å². The van der Waals surface area contributed by atoms with Crippen LogP contribution < -0.4 is 0 Å². The third-order valence-electron chi connectivity index (χ3n) is 2.98. The maximum atomic E-state index is 10.3. The Bertz CT molecular complexity index is 157. The normalized spacial score (nSPS) is 28.6. The zero-order chi connectivity index (χ0) is 9.14. The number of aliphatic carboxylic acids is 1. The molecule has 2 nitrogen and oxygen atoms in total. The van der Waals surface area contributed by atoms with Crippen LogP contribution in [0.4, 0.5) is 0 Å². The van der Waals surface area contributed by atoms with Gasteiger partial charge < -0.3 is 5.11 Å². The highest BCUT2D eigenvalue weighted by atomic mass is 16.4. The molecule has 0 bridgehead atoms. The molecule has 0 heterocycles. The minimum absolute atomic E-state index is 0.357. The van der Waals surface area contributed by atoms with Gasteiger partial charge >= 0.3 is 5.97 Å². The smallest absolute Gasteiger partial charge is 0.303 e. The molecule has 70 valence electrons. The fourth-order valence-corrected chi connectivity index (χ4v) is 1.89. The lowest BCUT2D eigenvalue weighted by molar-refractivity contribution is -0.137. The molecule has 1 aliphatic rings. The molecule has 1 saturated carbocycles. The molecular weight excluding hydrogens is 152 g/mol. The van der Waals surface area contributed by atoms with E-state index < -0.39 is 5.97 Å². The average molecular weight is 170 g/mol. The quantitative estimate of drug-likeness (QED) is 0.704. The van der Waals surface area contributed by atoms with Crippen LogP contribution in [0.5, 0.6) is 0 Å². The van der Waals surface area contributed by atoms with E-state index in [2.05, 4.69) is 13.8 Å². The molecule has 0 aliphatic heterocycles. The van der Waals surface area contributed by atoms with Crippen LogP contribution in [0.3, 0.4) is 0 Å². The fraction of sp³-hybridized carbons (Fsp3) is 0.900. The van der Waals surface area contributed by atoms with E-state index in [0.717, 1.165) is 18.3 Å². The van der Waals surface area contributed by atoms with E-state index in [1.54, 1.807) is 0 Å². The average Bonchev–Trinajstić information content (AvgIpc) is 1.82. The Balaban J connectivity index is 2.06. The topological polar surface area (TPSA) is 37.3 Å². The number of hydrogen-bond acceptors (Lipinski definition) is 1.